The number of benzene rings is 2. The zero-order chi connectivity index (χ0) is 19.0. The summed E-state index contributed by atoms with van der Waals surface area (Å²) >= 11 is 1.14. The van der Waals surface area contributed by atoms with Gasteiger partial charge < -0.3 is 0 Å². The Hall–Kier alpha value is -2.97. The number of aromatic nitrogens is 2. The monoisotopic (exact) mass is 397 g/mol. The second kappa shape index (κ2) is 6.64. The second-order valence-electron chi connectivity index (χ2n) is 5.90. The van der Waals surface area contributed by atoms with Crippen LogP contribution in [0.15, 0.2) is 75.0 Å². The van der Waals surface area contributed by atoms with Gasteiger partial charge in [0.15, 0.2) is 0 Å². The van der Waals surface area contributed by atoms with E-state index in [1.807, 2.05) is 6.07 Å². The molecule has 1 N–H and O–H groups in total. The highest BCUT2D eigenvalue weighted by Crippen LogP contribution is 2.22. The first-order valence-electron chi connectivity index (χ1n) is 8.11. The summed E-state index contributed by atoms with van der Waals surface area (Å²) in [6.07, 6.45) is 0. The molecule has 0 aliphatic heterocycles. The highest BCUT2D eigenvalue weighted by molar-refractivity contribution is 7.94. The van der Waals surface area contributed by atoms with Gasteiger partial charge in [-0.2, -0.15) is 0 Å². The summed E-state index contributed by atoms with van der Waals surface area (Å²) in [5, 5.41) is 2.21. The largest absolute Gasteiger partial charge is 0.279 e. The zero-order valence-electron chi connectivity index (χ0n) is 14.3. The number of nitrogens with one attached hydrogen (secondary N) is 1. The lowest BCUT2D eigenvalue weighted by Gasteiger charge is -2.13. The third-order valence-corrected chi connectivity index (χ3v) is 6.84. The van der Waals surface area contributed by atoms with Crippen LogP contribution < -0.4 is 10.3 Å². The average Bonchev–Trinajstić information content (AvgIpc) is 3.17. The highest BCUT2D eigenvalue weighted by Gasteiger charge is 2.16. The molecule has 6 nitrogen and oxygen atoms in total. The molecule has 2 heterocycles. The number of rotatable bonds is 4. The Balaban J connectivity index is 1.80. The minimum absolute atomic E-state index is 0.198. The molecule has 0 aliphatic rings. The van der Waals surface area contributed by atoms with Crippen molar-refractivity contribution in [2.24, 2.45) is 0 Å². The third-order valence-electron chi connectivity index (χ3n) is 4.06. The summed E-state index contributed by atoms with van der Waals surface area (Å²) in [4.78, 5) is 17.4. The van der Waals surface area contributed by atoms with Crippen molar-refractivity contribution in [2.75, 3.05) is 4.72 Å². The van der Waals surface area contributed by atoms with E-state index in [1.165, 1.54) is 4.57 Å². The van der Waals surface area contributed by atoms with Crippen molar-refractivity contribution in [1.29, 1.82) is 0 Å². The molecule has 2 aromatic carbocycles. The van der Waals surface area contributed by atoms with Crippen molar-refractivity contribution in [1.82, 2.24) is 9.55 Å². The number of hydrogen-bond donors (Lipinski definition) is 1. The standard InChI is InChI=1S/C19H15N3O3S2/c1-13-20-17-9-3-2-8-16(17)19(23)22(13)15-7-4-6-14(12-15)21-27(24,25)18-10-5-11-26-18/h2-12,21H,1H3. The van der Waals surface area contributed by atoms with Crippen molar-refractivity contribution in [3.63, 3.8) is 0 Å². The van der Waals surface area contributed by atoms with Crippen LogP contribution >= 0.6 is 11.3 Å². The second-order valence-corrected chi connectivity index (χ2v) is 8.76. The van der Waals surface area contributed by atoms with Gasteiger partial charge >= 0.3 is 0 Å². The molecule has 0 radical (unpaired) electrons. The van der Waals surface area contributed by atoms with Crippen LogP contribution in [0.5, 0.6) is 0 Å². The van der Waals surface area contributed by atoms with Crippen molar-refractivity contribution < 1.29 is 8.42 Å². The van der Waals surface area contributed by atoms with Crippen molar-refractivity contribution in [2.45, 2.75) is 11.1 Å². The van der Waals surface area contributed by atoms with E-state index in [-0.39, 0.29) is 9.77 Å². The maximum absolute atomic E-state index is 12.9. The molecule has 4 rings (SSSR count). The maximum Gasteiger partial charge on any atom is 0.271 e. The van der Waals surface area contributed by atoms with Crippen LogP contribution in [0.25, 0.3) is 16.6 Å². The Bertz CT molecular complexity index is 1290. The summed E-state index contributed by atoms with van der Waals surface area (Å²) in [7, 11) is -3.66. The normalized spacial score (nSPS) is 11.6. The summed E-state index contributed by atoms with van der Waals surface area (Å²) in [6.45, 7) is 1.75. The van der Waals surface area contributed by atoms with Gasteiger partial charge in [-0.1, -0.05) is 24.3 Å². The molecule has 0 saturated carbocycles. The first-order chi connectivity index (χ1) is 13.0. The van der Waals surface area contributed by atoms with E-state index in [1.54, 1.807) is 66.9 Å². The molecular formula is C19H15N3O3S2. The minimum Gasteiger partial charge on any atom is -0.279 e. The third kappa shape index (κ3) is 3.24. The number of nitrogens with zero attached hydrogens (tertiary/aromatic N) is 2. The van der Waals surface area contributed by atoms with Gasteiger partial charge in [0, 0.05) is 0 Å². The number of thiophene rings is 1. The molecule has 2 aromatic heterocycles. The molecule has 0 fully saturated rings. The molecular weight excluding hydrogens is 382 g/mol. The number of fused-ring (bicyclic) bond motifs is 1. The lowest BCUT2D eigenvalue weighted by atomic mass is 10.2. The first-order valence-corrected chi connectivity index (χ1v) is 10.5. The fourth-order valence-corrected chi connectivity index (χ4v) is 4.92. The SMILES string of the molecule is Cc1nc2ccccc2c(=O)n1-c1cccc(NS(=O)(=O)c2cccs2)c1. The van der Waals surface area contributed by atoms with E-state index in [0.29, 0.717) is 28.1 Å². The number of hydrogen-bond acceptors (Lipinski definition) is 5. The van der Waals surface area contributed by atoms with E-state index in [9.17, 15) is 13.2 Å². The Morgan fingerprint density at radius 2 is 1.85 bits per heavy atom. The lowest BCUT2D eigenvalue weighted by Crippen LogP contribution is -2.22. The van der Waals surface area contributed by atoms with Gasteiger partial charge in [-0.3, -0.25) is 14.1 Å². The van der Waals surface area contributed by atoms with Gasteiger partial charge in [-0.05, 0) is 48.7 Å². The Morgan fingerprint density at radius 3 is 2.63 bits per heavy atom. The van der Waals surface area contributed by atoms with Crippen LogP contribution in [0.2, 0.25) is 0 Å². The van der Waals surface area contributed by atoms with Crippen LogP contribution in [0, 0.1) is 6.92 Å². The smallest absolute Gasteiger partial charge is 0.271 e. The van der Waals surface area contributed by atoms with Crippen LogP contribution in [0.1, 0.15) is 5.82 Å². The average molecular weight is 397 g/mol. The number of anilines is 1. The quantitative estimate of drug-likeness (QED) is 0.571. The van der Waals surface area contributed by atoms with E-state index in [2.05, 4.69) is 9.71 Å². The fourth-order valence-electron chi connectivity index (χ4n) is 2.88. The van der Waals surface area contributed by atoms with E-state index >= 15 is 0 Å². The van der Waals surface area contributed by atoms with Crippen LogP contribution in [-0.4, -0.2) is 18.0 Å². The van der Waals surface area contributed by atoms with E-state index in [0.717, 1.165) is 11.3 Å². The Kier molecular flexibility index (Phi) is 4.29. The zero-order valence-corrected chi connectivity index (χ0v) is 15.9. The summed E-state index contributed by atoms with van der Waals surface area (Å²) < 4.78 is 29.1. The van der Waals surface area contributed by atoms with Crippen LogP contribution in [-0.2, 0) is 10.0 Å². The predicted octanol–water partition coefficient (Wildman–Crippen LogP) is 3.56. The molecule has 0 bridgehead atoms. The van der Waals surface area contributed by atoms with Crippen LogP contribution in [0.3, 0.4) is 0 Å². The molecule has 0 atom stereocenters. The van der Waals surface area contributed by atoms with Gasteiger partial charge in [0.2, 0.25) is 0 Å². The van der Waals surface area contributed by atoms with Gasteiger partial charge in [0.05, 0.1) is 22.3 Å². The maximum atomic E-state index is 12.9. The molecule has 136 valence electrons. The molecule has 0 unspecified atom stereocenters. The topological polar surface area (TPSA) is 81.1 Å². The summed E-state index contributed by atoms with van der Waals surface area (Å²) in [5.41, 5.74) is 1.35. The lowest BCUT2D eigenvalue weighted by molar-refractivity contribution is 0.603. The van der Waals surface area contributed by atoms with E-state index < -0.39 is 10.0 Å². The molecule has 8 heteroatoms. The summed E-state index contributed by atoms with van der Waals surface area (Å²) in [5.74, 6) is 0.525. The Labute approximate surface area is 159 Å². The van der Waals surface area contributed by atoms with Crippen LogP contribution in [0.4, 0.5) is 5.69 Å². The van der Waals surface area contributed by atoms with Gasteiger partial charge in [0.25, 0.3) is 15.6 Å². The molecule has 4 aromatic rings. The van der Waals surface area contributed by atoms with E-state index in [4.69, 9.17) is 0 Å². The molecule has 0 aliphatic carbocycles. The summed E-state index contributed by atoms with van der Waals surface area (Å²) in [6, 6.07) is 17.1. The molecule has 0 saturated heterocycles. The molecule has 0 amide bonds. The number of aryl methyl sites for hydroxylation is 1. The Morgan fingerprint density at radius 1 is 1.04 bits per heavy atom. The van der Waals surface area contributed by atoms with Gasteiger partial charge in [0.1, 0.15) is 10.0 Å². The van der Waals surface area contributed by atoms with Crippen molar-refractivity contribution in [3.05, 3.63) is 82.2 Å². The predicted molar refractivity (Wildman–Crippen MR) is 107 cm³/mol. The minimum atomic E-state index is -3.66. The first kappa shape index (κ1) is 17.4. The molecule has 27 heavy (non-hydrogen) atoms. The highest BCUT2D eigenvalue weighted by atomic mass is 32.2. The van der Waals surface area contributed by atoms with Gasteiger partial charge in [-0.25, -0.2) is 13.4 Å². The number of sulfonamides is 1. The van der Waals surface area contributed by atoms with Gasteiger partial charge in [-0.15, -0.1) is 11.3 Å². The van der Waals surface area contributed by atoms with Crippen molar-refractivity contribution in [3.8, 4) is 5.69 Å². The fraction of sp³-hybridized carbons (Fsp3) is 0.0526. The van der Waals surface area contributed by atoms with Crippen molar-refractivity contribution >= 4 is 38.0 Å². The number of para-hydroxylation sites is 1. The molecule has 0 spiro atoms.